The molecule has 2 N–H and O–H groups in total. The number of carbonyl (C=O) groups is 1. The zero-order valence-electron chi connectivity index (χ0n) is 8.16. The van der Waals surface area contributed by atoms with Crippen LogP contribution in [0.2, 0.25) is 0 Å². The second-order valence-electron chi connectivity index (χ2n) is 3.39. The van der Waals surface area contributed by atoms with Crippen LogP contribution in [0.3, 0.4) is 0 Å². The summed E-state index contributed by atoms with van der Waals surface area (Å²) in [6.45, 7) is 4.04. The van der Waals surface area contributed by atoms with Crippen LogP contribution in [0.1, 0.15) is 26.2 Å². The molecule has 1 saturated heterocycles. The van der Waals surface area contributed by atoms with E-state index in [4.69, 9.17) is 10.5 Å². The molecule has 4 nitrogen and oxygen atoms in total. The average molecular weight is 186 g/mol. The average Bonchev–Trinajstić information content (AvgIpc) is 2.48. The molecule has 1 rings (SSSR count). The van der Waals surface area contributed by atoms with Gasteiger partial charge in [0, 0.05) is 13.1 Å². The number of hydrogen-bond donors (Lipinski definition) is 1. The van der Waals surface area contributed by atoms with Gasteiger partial charge >= 0.3 is 6.09 Å². The van der Waals surface area contributed by atoms with Gasteiger partial charge < -0.3 is 15.4 Å². The van der Waals surface area contributed by atoms with Crippen molar-refractivity contribution in [2.75, 3.05) is 19.6 Å². The van der Waals surface area contributed by atoms with Gasteiger partial charge in [-0.1, -0.05) is 19.8 Å². The minimum absolute atomic E-state index is 0.0888. The molecule has 4 heteroatoms. The Kier molecular flexibility index (Phi) is 4.02. The van der Waals surface area contributed by atoms with Crippen LogP contribution in [-0.4, -0.2) is 36.7 Å². The summed E-state index contributed by atoms with van der Waals surface area (Å²) < 4.78 is 5.02. The molecule has 1 aliphatic rings. The summed E-state index contributed by atoms with van der Waals surface area (Å²) in [5.74, 6) is 0. The molecule has 1 amide bonds. The van der Waals surface area contributed by atoms with Crippen LogP contribution in [0.25, 0.3) is 0 Å². The molecular formula is C9H18N2O2. The lowest BCUT2D eigenvalue weighted by Gasteiger charge is -2.11. The molecule has 0 saturated carbocycles. The highest BCUT2D eigenvalue weighted by Gasteiger charge is 2.29. The van der Waals surface area contributed by atoms with Crippen molar-refractivity contribution >= 4 is 6.09 Å². The van der Waals surface area contributed by atoms with Gasteiger partial charge in [0.2, 0.25) is 0 Å². The molecule has 13 heavy (non-hydrogen) atoms. The molecule has 0 spiro atoms. The van der Waals surface area contributed by atoms with E-state index in [1.807, 2.05) is 0 Å². The molecule has 0 aromatic heterocycles. The quantitative estimate of drug-likeness (QED) is 0.650. The third-order valence-electron chi connectivity index (χ3n) is 2.24. The van der Waals surface area contributed by atoms with Crippen molar-refractivity contribution in [3.05, 3.63) is 0 Å². The number of rotatable bonds is 5. The summed E-state index contributed by atoms with van der Waals surface area (Å²) in [6, 6.07) is 0. The monoisotopic (exact) mass is 186 g/mol. The maximum atomic E-state index is 11.2. The first-order valence-electron chi connectivity index (χ1n) is 4.93. The van der Waals surface area contributed by atoms with E-state index >= 15 is 0 Å². The Labute approximate surface area is 79.0 Å². The first kappa shape index (κ1) is 10.3. The van der Waals surface area contributed by atoms with E-state index in [0.29, 0.717) is 13.1 Å². The van der Waals surface area contributed by atoms with Gasteiger partial charge in [-0.25, -0.2) is 4.79 Å². The Hall–Kier alpha value is -0.770. The number of nitrogens with zero attached hydrogens (tertiary/aromatic N) is 1. The number of nitrogens with two attached hydrogens (primary N) is 1. The lowest BCUT2D eigenvalue weighted by atomic mass is 10.2. The molecule has 76 valence electrons. The van der Waals surface area contributed by atoms with E-state index < -0.39 is 0 Å². The summed E-state index contributed by atoms with van der Waals surface area (Å²) >= 11 is 0. The van der Waals surface area contributed by atoms with E-state index in [1.54, 1.807) is 4.90 Å². The predicted octanol–water partition coefficient (Wildman–Crippen LogP) is 0.956. The maximum Gasteiger partial charge on any atom is 0.410 e. The van der Waals surface area contributed by atoms with Crippen molar-refractivity contribution < 1.29 is 9.53 Å². The fraction of sp³-hybridized carbons (Fsp3) is 0.889. The molecular weight excluding hydrogens is 168 g/mol. The van der Waals surface area contributed by atoms with Gasteiger partial charge in [0.15, 0.2) is 0 Å². The SMILES string of the molecule is CCCCCN1CC(CN)OC1=O. The third kappa shape index (κ3) is 2.88. The molecule has 0 aromatic rings. The number of ether oxygens (including phenoxy) is 1. The van der Waals surface area contributed by atoms with Crippen LogP contribution in [0.15, 0.2) is 0 Å². The maximum absolute atomic E-state index is 11.2. The van der Waals surface area contributed by atoms with Crippen LogP contribution in [0, 0.1) is 0 Å². The van der Waals surface area contributed by atoms with E-state index in [1.165, 1.54) is 6.42 Å². The van der Waals surface area contributed by atoms with Crippen molar-refractivity contribution in [1.82, 2.24) is 4.90 Å². The van der Waals surface area contributed by atoms with Gasteiger partial charge in [-0.05, 0) is 6.42 Å². The largest absolute Gasteiger partial charge is 0.443 e. The Morgan fingerprint density at radius 1 is 1.62 bits per heavy atom. The number of carbonyl (C=O) groups excluding carboxylic acids is 1. The van der Waals surface area contributed by atoms with Crippen LogP contribution in [0.5, 0.6) is 0 Å². The fourth-order valence-corrected chi connectivity index (χ4v) is 1.43. The summed E-state index contributed by atoms with van der Waals surface area (Å²) in [7, 11) is 0. The van der Waals surface area contributed by atoms with Gasteiger partial charge in [-0.15, -0.1) is 0 Å². The third-order valence-corrected chi connectivity index (χ3v) is 2.24. The molecule has 1 atom stereocenters. The molecule has 1 aliphatic heterocycles. The molecule has 0 aromatic carbocycles. The second-order valence-corrected chi connectivity index (χ2v) is 3.39. The zero-order valence-corrected chi connectivity index (χ0v) is 8.16. The molecule has 1 fully saturated rings. The van der Waals surface area contributed by atoms with Crippen LogP contribution >= 0.6 is 0 Å². The highest BCUT2D eigenvalue weighted by Crippen LogP contribution is 2.11. The minimum atomic E-state index is -0.202. The first-order valence-corrected chi connectivity index (χ1v) is 4.93. The van der Waals surface area contributed by atoms with Crippen LogP contribution < -0.4 is 5.73 Å². The predicted molar refractivity (Wildman–Crippen MR) is 50.4 cm³/mol. The first-order chi connectivity index (χ1) is 6.27. The van der Waals surface area contributed by atoms with Gasteiger partial charge in [0.25, 0.3) is 0 Å². The molecule has 0 aliphatic carbocycles. The molecule has 0 bridgehead atoms. The fourth-order valence-electron chi connectivity index (χ4n) is 1.43. The van der Waals surface area contributed by atoms with Gasteiger partial charge in [-0.3, -0.25) is 0 Å². The number of amides is 1. The van der Waals surface area contributed by atoms with Crippen molar-refractivity contribution in [2.45, 2.75) is 32.3 Å². The minimum Gasteiger partial charge on any atom is -0.443 e. The Bertz CT molecular complexity index is 173. The van der Waals surface area contributed by atoms with Crippen molar-refractivity contribution in [1.29, 1.82) is 0 Å². The highest BCUT2D eigenvalue weighted by atomic mass is 16.6. The van der Waals surface area contributed by atoms with Crippen LogP contribution in [-0.2, 0) is 4.74 Å². The van der Waals surface area contributed by atoms with Crippen LogP contribution in [0.4, 0.5) is 4.79 Å². The van der Waals surface area contributed by atoms with E-state index in [2.05, 4.69) is 6.92 Å². The Morgan fingerprint density at radius 2 is 2.38 bits per heavy atom. The lowest BCUT2D eigenvalue weighted by molar-refractivity contribution is 0.135. The summed E-state index contributed by atoms with van der Waals surface area (Å²) in [4.78, 5) is 12.9. The number of cyclic esters (lactones) is 1. The summed E-state index contributed by atoms with van der Waals surface area (Å²) in [5, 5.41) is 0. The Balaban J connectivity index is 2.23. The zero-order chi connectivity index (χ0) is 9.68. The number of hydrogen-bond acceptors (Lipinski definition) is 3. The van der Waals surface area contributed by atoms with E-state index in [-0.39, 0.29) is 12.2 Å². The smallest absolute Gasteiger partial charge is 0.410 e. The molecule has 1 unspecified atom stereocenters. The topological polar surface area (TPSA) is 55.6 Å². The highest BCUT2D eigenvalue weighted by molar-refractivity contribution is 5.69. The summed E-state index contributed by atoms with van der Waals surface area (Å²) in [6.07, 6.45) is 3.10. The lowest BCUT2D eigenvalue weighted by Crippen LogP contribution is -2.28. The van der Waals surface area contributed by atoms with Gasteiger partial charge in [0.05, 0.1) is 6.54 Å². The standard InChI is InChI=1S/C9H18N2O2/c1-2-3-4-5-11-7-8(6-10)13-9(11)12/h8H,2-7,10H2,1H3. The molecule has 1 heterocycles. The normalized spacial score (nSPS) is 22.2. The second kappa shape index (κ2) is 5.07. The summed E-state index contributed by atoms with van der Waals surface area (Å²) in [5.41, 5.74) is 5.41. The van der Waals surface area contributed by atoms with Gasteiger partial charge in [0.1, 0.15) is 6.10 Å². The van der Waals surface area contributed by atoms with Gasteiger partial charge in [-0.2, -0.15) is 0 Å². The van der Waals surface area contributed by atoms with Crippen molar-refractivity contribution in [3.8, 4) is 0 Å². The Morgan fingerprint density at radius 3 is 2.92 bits per heavy atom. The van der Waals surface area contributed by atoms with E-state index in [0.717, 1.165) is 19.4 Å². The number of unbranched alkanes of at least 4 members (excludes halogenated alkanes) is 2. The van der Waals surface area contributed by atoms with E-state index in [9.17, 15) is 4.79 Å². The van der Waals surface area contributed by atoms with Crippen molar-refractivity contribution in [2.24, 2.45) is 5.73 Å². The molecule has 0 radical (unpaired) electrons. The van der Waals surface area contributed by atoms with Crippen molar-refractivity contribution in [3.63, 3.8) is 0 Å².